The van der Waals surface area contributed by atoms with Gasteiger partial charge in [0.1, 0.15) is 0 Å². The molecule has 20 heavy (non-hydrogen) atoms. The van der Waals surface area contributed by atoms with Crippen LogP contribution in [0.2, 0.25) is 0 Å². The molecule has 0 radical (unpaired) electrons. The van der Waals surface area contributed by atoms with Crippen molar-refractivity contribution >= 4 is 29.2 Å². The number of hydrogen-bond acceptors (Lipinski definition) is 5. The van der Waals surface area contributed by atoms with E-state index in [-0.39, 0.29) is 22.8 Å². The number of anilines is 2. The number of carbonyl (C=O) groups excluding carboxylic acids is 2. The zero-order valence-corrected chi connectivity index (χ0v) is 10.7. The van der Waals surface area contributed by atoms with E-state index in [0.29, 0.717) is 0 Å². The van der Waals surface area contributed by atoms with Crippen LogP contribution in [-0.4, -0.2) is 40.6 Å². The summed E-state index contributed by atoms with van der Waals surface area (Å²) in [5.41, 5.74) is 6.27. The van der Waals surface area contributed by atoms with E-state index >= 15 is 0 Å². The Kier molecular flexibility index (Phi) is 5.04. The van der Waals surface area contributed by atoms with Crippen molar-refractivity contribution in [3.05, 3.63) is 23.8 Å². The Labute approximate surface area is 114 Å². The van der Waals surface area contributed by atoms with Gasteiger partial charge < -0.3 is 26.6 Å². The predicted molar refractivity (Wildman–Crippen MR) is 71.1 cm³/mol. The van der Waals surface area contributed by atoms with Crippen molar-refractivity contribution in [2.24, 2.45) is 0 Å². The van der Waals surface area contributed by atoms with E-state index in [1.165, 1.54) is 25.1 Å². The quantitative estimate of drug-likeness (QED) is 0.456. The number of nitrogens with one attached hydrogen (secondary N) is 2. The number of carboxylic acid groups (broad SMARTS) is 1. The van der Waals surface area contributed by atoms with Crippen LogP contribution in [0.3, 0.4) is 0 Å². The normalized spacial score (nSPS) is 11.5. The zero-order chi connectivity index (χ0) is 15.3. The Morgan fingerprint density at radius 1 is 1.35 bits per heavy atom. The number of benzene rings is 1. The molecular weight excluding hydrogens is 266 g/mol. The predicted octanol–water partition coefficient (Wildman–Crippen LogP) is -0.597. The summed E-state index contributed by atoms with van der Waals surface area (Å²) in [6.45, 7) is 0.563. The summed E-state index contributed by atoms with van der Waals surface area (Å²) in [7, 11) is 0. The van der Waals surface area contributed by atoms with E-state index in [1.54, 1.807) is 0 Å². The molecule has 0 aliphatic heterocycles. The lowest BCUT2D eigenvalue weighted by Crippen LogP contribution is -2.43. The number of rotatable bonds is 5. The highest BCUT2D eigenvalue weighted by molar-refractivity contribution is 6.00. The highest BCUT2D eigenvalue weighted by atomic mass is 16.4. The number of hydrogen-bond donors (Lipinski definition) is 5. The largest absolute Gasteiger partial charge is 0.480 e. The molecule has 8 heteroatoms. The molecule has 0 bridgehead atoms. The van der Waals surface area contributed by atoms with Crippen LogP contribution >= 0.6 is 0 Å². The third-order valence-corrected chi connectivity index (χ3v) is 2.41. The van der Waals surface area contributed by atoms with Gasteiger partial charge in [-0.05, 0) is 18.2 Å². The Bertz CT molecular complexity index is 544. The molecule has 1 unspecified atom stereocenters. The molecule has 0 aromatic heterocycles. The first-order valence-electron chi connectivity index (χ1n) is 5.66. The minimum atomic E-state index is -1.40. The summed E-state index contributed by atoms with van der Waals surface area (Å²) in [6.07, 6.45) is 0. The highest BCUT2D eigenvalue weighted by Crippen LogP contribution is 2.20. The Morgan fingerprint density at radius 2 is 2.00 bits per heavy atom. The van der Waals surface area contributed by atoms with Crippen molar-refractivity contribution in [2.45, 2.75) is 13.0 Å². The van der Waals surface area contributed by atoms with Crippen LogP contribution in [0.25, 0.3) is 0 Å². The van der Waals surface area contributed by atoms with Crippen LogP contribution in [0.4, 0.5) is 11.4 Å². The monoisotopic (exact) mass is 281 g/mol. The van der Waals surface area contributed by atoms with E-state index in [4.69, 9.17) is 15.9 Å². The fraction of sp³-hybridized carbons (Fsp3) is 0.250. The number of nitrogen functional groups attached to an aromatic ring is 1. The molecule has 108 valence electrons. The molecule has 0 saturated carbocycles. The summed E-state index contributed by atoms with van der Waals surface area (Å²) in [5.74, 6) is -2.40. The van der Waals surface area contributed by atoms with E-state index in [9.17, 15) is 14.4 Å². The van der Waals surface area contributed by atoms with Crippen molar-refractivity contribution in [3.8, 4) is 0 Å². The second-order valence-corrected chi connectivity index (χ2v) is 4.03. The van der Waals surface area contributed by atoms with Crippen LogP contribution in [0.15, 0.2) is 18.2 Å². The summed E-state index contributed by atoms with van der Waals surface area (Å²) >= 11 is 0. The number of carboxylic acids is 1. The van der Waals surface area contributed by atoms with Crippen molar-refractivity contribution in [2.75, 3.05) is 17.7 Å². The Hall–Kier alpha value is -2.61. The Balaban J connectivity index is 2.93. The number of nitrogens with two attached hydrogens (primary N) is 1. The van der Waals surface area contributed by atoms with Gasteiger partial charge in [-0.1, -0.05) is 0 Å². The molecule has 0 aliphatic carbocycles. The van der Waals surface area contributed by atoms with Crippen molar-refractivity contribution in [3.63, 3.8) is 0 Å². The third-order valence-electron chi connectivity index (χ3n) is 2.41. The van der Waals surface area contributed by atoms with Crippen LogP contribution in [0.5, 0.6) is 0 Å². The smallest absolute Gasteiger partial charge is 0.328 e. The number of carbonyl (C=O) groups is 3. The highest BCUT2D eigenvalue weighted by Gasteiger charge is 2.20. The van der Waals surface area contributed by atoms with Gasteiger partial charge in [0.25, 0.3) is 5.91 Å². The second-order valence-electron chi connectivity index (χ2n) is 4.03. The molecule has 1 atom stereocenters. The molecule has 8 nitrogen and oxygen atoms in total. The Morgan fingerprint density at radius 3 is 2.50 bits per heavy atom. The molecular formula is C12H15N3O5. The standard InChI is InChI=1S/C12H15N3O5/c1-6(17)14-9-4-7(2-3-8(9)13)11(18)15-10(5-16)12(19)20/h2-4,10,16H,5,13H2,1H3,(H,14,17)(H,15,18)(H,19,20). The molecule has 1 rings (SSSR count). The topological polar surface area (TPSA) is 142 Å². The van der Waals surface area contributed by atoms with Gasteiger partial charge in [-0.25, -0.2) is 4.79 Å². The summed E-state index contributed by atoms with van der Waals surface area (Å²) < 4.78 is 0. The number of aliphatic carboxylic acids is 1. The van der Waals surface area contributed by atoms with E-state index in [1.807, 2.05) is 0 Å². The van der Waals surface area contributed by atoms with Gasteiger partial charge in [-0.2, -0.15) is 0 Å². The molecule has 1 aromatic rings. The van der Waals surface area contributed by atoms with Gasteiger partial charge in [0.05, 0.1) is 18.0 Å². The molecule has 0 spiro atoms. The van der Waals surface area contributed by atoms with Crippen LogP contribution in [0.1, 0.15) is 17.3 Å². The maximum Gasteiger partial charge on any atom is 0.328 e. The molecule has 2 amide bonds. The molecule has 0 saturated heterocycles. The van der Waals surface area contributed by atoms with Crippen LogP contribution in [-0.2, 0) is 9.59 Å². The van der Waals surface area contributed by atoms with Crippen molar-refractivity contribution < 1.29 is 24.6 Å². The van der Waals surface area contributed by atoms with Crippen molar-refractivity contribution in [1.29, 1.82) is 0 Å². The van der Waals surface area contributed by atoms with E-state index in [0.717, 1.165) is 0 Å². The van der Waals surface area contributed by atoms with E-state index in [2.05, 4.69) is 10.6 Å². The first-order chi connectivity index (χ1) is 9.35. The fourth-order valence-corrected chi connectivity index (χ4v) is 1.42. The number of aliphatic hydroxyl groups is 1. The summed E-state index contributed by atoms with van der Waals surface area (Å²) in [6, 6.07) is 2.72. The lowest BCUT2D eigenvalue weighted by molar-refractivity contribution is -0.140. The van der Waals surface area contributed by atoms with Gasteiger partial charge in [0, 0.05) is 12.5 Å². The van der Waals surface area contributed by atoms with E-state index < -0.39 is 24.5 Å². The van der Waals surface area contributed by atoms with Gasteiger partial charge in [0.2, 0.25) is 5.91 Å². The molecule has 1 aromatic carbocycles. The van der Waals surface area contributed by atoms with Crippen molar-refractivity contribution in [1.82, 2.24) is 5.32 Å². The average Bonchev–Trinajstić information content (AvgIpc) is 2.37. The first-order valence-corrected chi connectivity index (χ1v) is 5.66. The fourth-order valence-electron chi connectivity index (χ4n) is 1.42. The number of aliphatic hydroxyl groups excluding tert-OH is 1. The maximum atomic E-state index is 11.8. The average molecular weight is 281 g/mol. The molecule has 0 aliphatic rings. The number of amides is 2. The van der Waals surface area contributed by atoms with Gasteiger partial charge in [0.15, 0.2) is 6.04 Å². The second kappa shape index (κ2) is 6.53. The zero-order valence-electron chi connectivity index (χ0n) is 10.7. The molecule has 0 heterocycles. The minimum absolute atomic E-state index is 0.114. The SMILES string of the molecule is CC(=O)Nc1cc(C(=O)NC(CO)C(=O)O)ccc1N. The lowest BCUT2D eigenvalue weighted by atomic mass is 10.1. The van der Waals surface area contributed by atoms with Crippen LogP contribution in [0, 0.1) is 0 Å². The molecule has 6 N–H and O–H groups in total. The summed E-state index contributed by atoms with van der Waals surface area (Å²) in [5, 5.41) is 22.2. The van der Waals surface area contributed by atoms with Gasteiger partial charge in [-0.3, -0.25) is 9.59 Å². The van der Waals surface area contributed by atoms with Gasteiger partial charge in [-0.15, -0.1) is 0 Å². The lowest BCUT2D eigenvalue weighted by Gasteiger charge is -2.13. The van der Waals surface area contributed by atoms with Gasteiger partial charge >= 0.3 is 5.97 Å². The first kappa shape index (κ1) is 15.4. The molecule has 0 fully saturated rings. The van der Waals surface area contributed by atoms with Crippen LogP contribution < -0.4 is 16.4 Å². The maximum absolute atomic E-state index is 11.8. The minimum Gasteiger partial charge on any atom is -0.480 e. The third kappa shape index (κ3) is 3.95. The summed E-state index contributed by atoms with van der Waals surface area (Å²) in [4.78, 5) is 33.5.